The Morgan fingerprint density at radius 1 is 1.14 bits per heavy atom. The molecule has 1 aliphatic heterocycles. The molecule has 1 heterocycles. The van der Waals surface area contributed by atoms with E-state index in [1.165, 1.54) is 20.3 Å². The van der Waals surface area contributed by atoms with E-state index in [2.05, 4.69) is 5.32 Å². The molecule has 2 aromatic rings. The minimum Gasteiger partial charge on any atom is -0.497 e. The average molecular weight is 396 g/mol. The second-order valence-electron chi connectivity index (χ2n) is 7.02. The topological polar surface area (TPSA) is 84.9 Å². The van der Waals surface area contributed by atoms with Gasteiger partial charge in [0.1, 0.15) is 5.75 Å². The summed E-state index contributed by atoms with van der Waals surface area (Å²) in [5.41, 5.74) is 3.44. The summed E-state index contributed by atoms with van der Waals surface area (Å²) in [4.78, 5) is 39.1. The van der Waals surface area contributed by atoms with Crippen molar-refractivity contribution in [2.45, 2.75) is 20.3 Å². The number of carbonyl (C=O) groups excluding carboxylic acids is 3. The number of aryl methyl sites for hydroxylation is 1. The minimum absolute atomic E-state index is 0.0956. The fraction of sp³-hybridized carbons (Fsp3) is 0.318. The van der Waals surface area contributed by atoms with E-state index in [-0.39, 0.29) is 23.8 Å². The van der Waals surface area contributed by atoms with Gasteiger partial charge in [0.25, 0.3) is 0 Å². The van der Waals surface area contributed by atoms with Gasteiger partial charge >= 0.3 is 5.97 Å². The largest absolute Gasteiger partial charge is 0.497 e. The third-order valence-corrected chi connectivity index (χ3v) is 5.25. The molecule has 2 aromatic carbocycles. The predicted molar refractivity (Wildman–Crippen MR) is 109 cm³/mol. The number of rotatable bonds is 5. The fourth-order valence-corrected chi connectivity index (χ4v) is 3.42. The summed E-state index contributed by atoms with van der Waals surface area (Å²) in [6, 6.07) is 10.5. The number of amides is 2. The normalized spacial score (nSPS) is 15.9. The van der Waals surface area contributed by atoms with Crippen LogP contribution in [0.1, 0.15) is 27.9 Å². The lowest BCUT2D eigenvalue weighted by Gasteiger charge is -2.20. The van der Waals surface area contributed by atoms with Gasteiger partial charge < -0.3 is 19.7 Å². The van der Waals surface area contributed by atoms with E-state index < -0.39 is 11.9 Å². The summed E-state index contributed by atoms with van der Waals surface area (Å²) < 4.78 is 9.93. The van der Waals surface area contributed by atoms with Crippen LogP contribution in [0.3, 0.4) is 0 Å². The number of nitrogens with one attached hydrogen (secondary N) is 1. The van der Waals surface area contributed by atoms with Crippen LogP contribution in [0.5, 0.6) is 5.75 Å². The second-order valence-corrected chi connectivity index (χ2v) is 7.02. The van der Waals surface area contributed by atoms with Crippen LogP contribution in [0, 0.1) is 19.8 Å². The number of anilines is 2. The van der Waals surface area contributed by atoms with E-state index in [0.717, 1.165) is 16.8 Å². The van der Waals surface area contributed by atoms with E-state index in [4.69, 9.17) is 9.47 Å². The molecule has 7 nitrogen and oxygen atoms in total. The van der Waals surface area contributed by atoms with Gasteiger partial charge in [-0.25, -0.2) is 4.79 Å². The molecule has 1 unspecified atom stereocenters. The summed E-state index contributed by atoms with van der Waals surface area (Å²) >= 11 is 0. The number of ether oxygens (including phenoxy) is 2. The van der Waals surface area contributed by atoms with Gasteiger partial charge in [0.15, 0.2) is 0 Å². The lowest BCUT2D eigenvalue weighted by molar-refractivity contribution is -0.122. The first-order valence-corrected chi connectivity index (χ1v) is 9.29. The quantitative estimate of drug-likeness (QED) is 0.785. The second kappa shape index (κ2) is 8.34. The molecule has 1 N–H and O–H groups in total. The Morgan fingerprint density at radius 2 is 1.90 bits per heavy atom. The number of carbonyl (C=O) groups is 3. The first kappa shape index (κ1) is 20.4. The van der Waals surface area contributed by atoms with Crippen LogP contribution >= 0.6 is 0 Å². The minimum atomic E-state index is -0.585. The summed E-state index contributed by atoms with van der Waals surface area (Å²) in [6.45, 7) is 4.24. The summed E-state index contributed by atoms with van der Waals surface area (Å²) in [5.74, 6) is -1.04. The van der Waals surface area contributed by atoms with Gasteiger partial charge in [-0.05, 0) is 49.2 Å². The fourth-order valence-electron chi connectivity index (χ4n) is 3.42. The Kier molecular flexibility index (Phi) is 5.87. The highest BCUT2D eigenvalue weighted by Gasteiger charge is 2.36. The lowest BCUT2D eigenvalue weighted by atomic mass is 10.1. The van der Waals surface area contributed by atoms with Crippen molar-refractivity contribution in [3.8, 4) is 5.75 Å². The molecule has 0 aromatic heterocycles. The zero-order valence-corrected chi connectivity index (χ0v) is 16.9. The van der Waals surface area contributed by atoms with Crippen LogP contribution in [0.2, 0.25) is 0 Å². The van der Waals surface area contributed by atoms with Crippen molar-refractivity contribution in [2.75, 3.05) is 31.0 Å². The summed E-state index contributed by atoms with van der Waals surface area (Å²) in [7, 11) is 2.76. The Balaban J connectivity index is 1.80. The van der Waals surface area contributed by atoms with E-state index in [0.29, 0.717) is 18.0 Å². The predicted octanol–water partition coefficient (Wildman–Crippen LogP) is 3.09. The van der Waals surface area contributed by atoms with Crippen molar-refractivity contribution in [1.82, 2.24) is 0 Å². The number of methoxy groups -OCH3 is 2. The van der Waals surface area contributed by atoms with Crippen LogP contribution in [0.15, 0.2) is 36.4 Å². The zero-order chi connectivity index (χ0) is 21.1. The molecule has 7 heteroatoms. The molecule has 1 saturated heterocycles. The number of hydrogen-bond donors (Lipinski definition) is 1. The van der Waals surface area contributed by atoms with Gasteiger partial charge in [-0.1, -0.05) is 12.1 Å². The maximum atomic E-state index is 12.8. The average Bonchev–Trinajstić information content (AvgIpc) is 3.11. The van der Waals surface area contributed by atoms with Crippen molar-refractivity contribution in [1.29, 1.82) is 0 Å². The van der Waals surface area contributed by atoms with Gasteiger partial charge in [-0.3, -0.25) is 9.59 Å². The first-order valence-electron chi connectivity index (χ1n) is 9.29. The van der Waals surface area contributed by atoms with E-state index in [9.17, 15) is 14.4 Å². The maximum Gasteiger partial charge on any atom is 0.340 e. The summed E-state index contributed by atoms with van der Waals surface area (Å²) in [5, 5.41) is 2.76. The van der Waals surface area contributed by atoms with Crippen molar-refractivity contribution in [2.24, 2.45) is 5.92 Å². The molecule has 29 heavy (non-hydrogen) atoms. The van der Waals surface area contributed by atoms with Crippen LogP contribution < -0.4 is 15.0 Å². The molecular weight excluding hydrogens is 372 g/mol. The molecule has 3 rings (SSSR count). The van der Waals surface area contributed by atoms with Crippen LogP contribution in [-0.2, 0) is 14.3 Å². The molecule has 0 spiro atoms. The Bertz CT molecular complexity index is 970. The Hall–Kier alpha value is -3.35. The smallest absolute Gasteiger partial charge is 0.340 e. The number of esters is 1. The molecular formula is C22H24N2O5. The lowest BCUT2D eigenvalue weighted by Crippen LogP contribution is -2.29. The molecule has 2 amide bonds. The van der Waals surface area contributed by atoms with Crippen LogP contribution in [-0.4, -0.2) is 38.5 Å². The van der Waals surface area contributed by atoms with Gasteiger partial charge in [-0.2, -0.15) is 0 Å². The molecule has 152 valence electrons. The Labute approximate surface area is 169 Å². The van der Waals surface area contributed by atoms with Crippen molar-refractivity contribution < 1.29 is 23.9 Å². The zero-order valence-electron chi connectivity index (χ0n) is 16.9. The molecule has 1 fully saturated rings. The molecule has 1 aliphatic rings. The number of hydrogen-bond acceptors (Lipinski definition) is 5. The molecule has 0 saturated carbocycles. The van der Waals surface area contributed by atoms with E-state index in [1.807, 2.05) is 32.0 Å². The molecule has 1 atom stereocenters. The van der Waals surface area contributed by atoms with Gasteiger partial charge in [-0.15, -0.1) is 0 Å². The van der Waals surface area contributed by atoms with E-state index in [1.54, 1.807) is 17.0 Å². The number of benzene rings is 2. The third-order valence-electron chi connectivity index (χ3n) is 5.25. The highest BCUT2D eigenvalue weighted by atomic mass is 16.5. The van der Waals surface area contributed by atoms with Gasteiger partial charge in [0, 0.05) is 18.7 Å². The van der Waals surface area contributed by atoms with E-state index >= 15 is 0 Å². The number of nitrogens with zero attached hydrogens (tertiary/aromatic N) is 1. The van der Waals surface area contributed by atoms with Crippen LogP contribution in [0.25, 0.3) is 0 Å². The van der Waals surface area contributed by atoms with Crippen molar-refractivity contribution in [3.05, 3.63) is 53.1 Å². The highest BCUT2D eigenvalue weighted by molar-refractivity contribution is 6.06. The SMILES string of the molecule is COC(=O)c1cc(OC)ccc1NC(=O)C1CC(=O)N(c2cccc(C)c2C)C1. The standard InChI is InChI=1S/C22H24N2O5/c1-13-6-5-7-19(14(13)2)24-12-15(10-20(24)25)21(26)23-18-9-8-16(28-3)11-17(18)22(27)29-4/h5-9,11,15H,10,12H2,1-4H3,(H,23,26). The molecule has 0 aliphatic carbocycles. The van der Waals surface area contributed by atoms with Crippen molar-refractivity contribution >= 4 is 29.2 Å². The monoisotopic (exact) mass is 396 g/mol. The third kappa shape index (κ3) is 4.08. The highest BCUT2D eigenvalue weighted by Crippen LogP contribution is 2.30. The first-order chi connectivity index (χ1) is 13.8. The van der Waals surface area contributed by atoms with Gasteiger partial charge in [0.2, 0.25) is 11.8 Å². The van der Waals surface area contributed by atoms with Gasteiger partial charge in [0.05, 0.1) is 31.4 Å². The maximum absolute atomic E-state index is 12.8. The van der Waals surface area contributed by atoms with Crippen molar-refractivity contribution in [3.63, 3.8) is 0 Å². The van der Waals surface area contributed by atoms with Crippen LogP contribution in [0.4, 0.5) is 11.4 Å². The summed E-state index contributed by atoms with van der Waals surface area (Å²) in [6.07, 6.45) is 0.114. The molecule has 0 radical (unpaired) electrons. The Morgan fingerprint density at radius 3 is 2.59 bits per heavy atom. The molecule has 0 bridgehead atoms.